The molecule has 1 unspecified atom stereocenters. The fraction of sp³-hybridized carbons (Fsp3) is 0.294. The Morgan fingerprint density at radius 3 is 2.47 bits per heavy atom. The highest BCUT2D eigenvalue weighted by atomic mass is 19.1. The summed E-state index contributed by atoms with van der Waals surface area (Å²) in [6.45, 7) is 0.936. The normalized spacial score (nSPS) is 17.5. The standard InChI is InChI=1S/C34H30F2N8O5/c1-17(45)48-33-32(47)44(16-27-40-14-21(36)15-41-27)24-6-4-19(11-25(24)49-33)28-22(12-37)31(42-23(10-18-2-3-18)29(28)30(38)46)43-34(8-9-34)26-7-5-20(35)13-39-26/h4-7,11-15,18,33,37H,2-3,8-10,16H2,1H3,(H2,38,46)(H,42,43). The highest BCUT2D eigenvalue weighted by Gasteiger charge is 2.47. The average molecular weight is 669 g/mol. The molecule has 7 rings (SSSR count). The quantitative estimate of drug-likeness (QED) is 0.155. The Hall–Kier alpha value is -5.86. The zero-order valence-electron chi connectivity index (χ0n) is 26.2. The van der Waals surface area contributed by atoms with Crippen LogP contribution in [0.1, 0.15) is 65.7 Å². The smallest absolute Gasteiger partial charge is 0.324 e. The number of nitrogens with zero attached hydrogens (tertiary/aromatic N) is 5. The number of halogens is 2. The number of carbonyl (C=O) groups excluding carboxylic acids is 3. The number of anilines is 2. The maximum absolute atomic E-state index is 13.7. The van der Waals surface area contributed by atoms with Crippen molar-refractivity contribution in [2.24, 2.45) is 11.7 Å². The topological polar surface area (TPSA) is 186 Å². The van der Waals surface area contributed by atoms with Crippen molar-refractivity contribution in [3.05, 3.63) is 88.9 Å². The molecule has 4 aromatic rings. The van der Waals surface area contributed by atoms with Gasteiger partial charge in [0.25, 0.3) is 5.91 Å². The molecule has 3 aromatic heterocycles. The number of rotatable bonds is 11. The lowest BCUT2D eigenvalue weighted by atomic mass is 9.91. The minimum atomic E-state index is -1.66. The number of hydrogen-bond donors (Lipinski definition) is 3. The van der Waals surface area contributed by atoms with Gasteiger partial charge in [0.1, 0.15) is 23.2 Å². The molecule has 2 amide bonds. The maximum Gasteiger partial charge on any atom is 0.324 e. The van der Waals surface area contributed by atoms with Crippen LogP contribution in [0, 0.1) is 23.0 Å². The lowest BCUT2D eigenvalue weighted by Gasteiger charge is -2.33. The summed E-state index contributed by atoms with van der Waals surface area (Å²) in [4.78, 5) is 56.8. The third kappa shape index (κ3) is 6.26. The average Bonchev–Trinajstić information content (AvgIpc) is 4.01. The minimum Gasteiger partial charge on any atom is -0.444 e. The van der Waals surface area contributed by atoms with Gasteiger partial charge in [0.05, 0.1) is 53.3 Å². The number of carbonyl (C=O) groups is 3. The van der Waals surface area contributed by atoms with Gasteiger partial charge in [-0.2, -0.15) is 0 Å². The molecule has 1 aliphatic heterocycles. The number of amides is 2. The van der Waals surface area contributed by atoms with Gasteiger partial charge >= 0.3 is 18.2 Å². The zero-order chi connectivity index (χ0) is 34.4. The number of fused-ring (bicyclic) bond motifs is 1. The van der Waals surface area contributed by atoms with Crippen molar-refractivity contribution in [2.45, 2.75) is 57.4 Å². The lowest BCUT2D eigenvalue weighted by molar-refractivity contribution is -0.170. The van der Waals surface area contributed by atoms with E-state index in [1.807, 2.05) is 0 Å². The molecule has 1 aromatic carbocycles. The Morgan fingerprint density at radius 2 is 1.86 bits per heavy atom. The van der Waals surface area contributed by atoms with E-state index in [1.54, 1.807) is 24.3 Å². The Morgan fingerprint density at radius 1 is 1.12 bits per heavy atom. The van der Waals surface area contributed by atoms with Crippen LogP contribution in [0.4, 0.5) is 20.3 Å². The lowest BCUT2D eigenvalue weighted by Crippen LogP contribution is -2.47. The van der Waals surface area contributed by atoms with E-state index in [4.69, 9.17) is 25.6 Å². The SMILES string of the molecule is CC(=O)OC1Oc2cc(-c3c(C=N)c(NC4(c5ccc(F)cn5)CC4)nc(CC4CC4)c3C(N)=O)ccc2N(Cc2ncc(F)cn2)C1=O. The molecule has 49 heavy (non-hydrogen) atoms. The van der Waals surface area contributed by atoms with Crippen LogP contribution < -0.4 is 20.7 Å². The first-order valence-electron chi connectivity index (χ1n) is 15.6. The van der Waals surface area contributed by atoms with Gasteiger partial charge in [-0.1, -0.05) is 6.07 Å². The molecule has 4 N–H and O–H groups in total. The van der Waals surface area contributed by atoms with Crippen molar-refractivity contribution >= 4 is 35.5 Å². The highest BCUT2D eigenvalue weighted by Crippen LogP contribution is 2.49. The van der Waals surface area contributed by atoms with E-state index >= 15 is 0 Å². The molecule has 0 spiro atoms. The van der Waals surface area contributed by atoms with Crippen LogP contribution in [-0.4, -0.2) is 50.2 Å². The molecule has 0 radical (unpaired) electrons. The minimum absolute atomic E-state index is 0.112. The van der Waals surface area contributed by atoms with Crippen LogP contribution in [0.2, 0.25) is 0 Å². The predicted octanol–water partition coefficient (Wildman–Crippen LogP) is 4.18. The van der Waals surface area contributed by atoms with Gasteiger partial charge in [-0.3, -0.25) is 24.3 Å². The largest absolute Gasteiger partial charge is 0.444 e. The molecule has 15 heteroatoms. The Balaban J connectivity index is 1.36. The van der Waals surface area contributed by atoms with Crippen molar-refractivity contribution in [1.82, 2.24) is 19.9 Å². The third-order valence-corrected chi connectivity index (χ3v) is 8.69. The summed E-state index contributed by atoms with van der Waals surface area (Å²) < 4.78 is 38.3. The molecule has 1 atom stereocenters. The van der Waals surface area contributed by atoms with Crippen molar-refractivity contribution in [3.63, 3.8) is 0 Å². The molecule has 2 saturated carbocycles. The number of ether oxygens (including phenoxy) is 2. The molecule has 2 aliphatic carbocycles. The maximum atomic E-state index is 13.7. The fourth-order valence-electron chi connectivity index (χ4n) is 6.00. The van der Waals surface area contributed by atoms with Crippen molar-refractivity contribution < 1.29 is 32.6 Å². The first-order chi connectivity index (χ1) is 23.5. The summed E-state index contributed by atoms with van der Waals surface area (Å²) in [5.41, 5.74) is 7.84. The van der Waals surface area contributed by atoms with Gasteiger partial charge in [-0.25, -0.2) is 23.7 Å². The van der Waals surface area contributed by atoms with Crippen LogP contribution in [0.25, 0.3) is 11.1 Å². The summed E-state index contributed by atoms with van der Waals surface area (Å²) in [5, 5.41) is 11.9. The second-order valence-electron chi connectivity index (χ2n) is 12.3. The van der Waals surface area contributed by atoms with Gasteiger partial charge in [-0.05, 0) is 67.9 Å². The second-order valence-corrected chi connectivity index (χ2v) is 12.3. The van der Waals surface area contributed by atoms with Gasteiger partial charge in [0.15, 0.2) is 5.82 Å². The Kier molecular flexibility index (Phi) is 7.97. The van der Waals surface area contributed by atoms with Gasteiger partial charge < -0.3 is 25.9 Å². The zero-order valence-corrected chi connectivity index (χ0v) is 26.2. The molecule has 250 valence electrons. The second kappa shape index (κ2) is 12.3. The molecule has 4 heterocycles. The van der Waals surface area contributed by atoms with Crippen molar-refractivity contribution in [3.8, 4) is 16.9 Å². The van der Waals surface area contributed by atoms with E-state index < -0.39 is 41.2 Å². The van der Waals surface area contributed by atoms with Crippen molar-refractivity contribution in [1.29, 1.82) is 5.41 Å². The van der Waals surface area contributed by atoms with Crippen LogP contribution in [0.5, 0.6) is 5.75 Å². The Bertz CT molecular complexity index is 2000. The van der Waals surface area contributed by atoms with Crippen LogP contribution in [0.3, 0.4) is 0 Å². The molecular weight excluding hydrogens is 638 g/mol. The van der Waals surface area contributed by atoms with E-state index in [2.05, 4.69) is 20.3 Å². The third-order valence-electron chi connectivity index (χ3n) is 8.69. The number of nitrogens with one attached hydrogen (secondary N) is 2. The fourth-order valence-corrected chi connectivity index (χ4v) is 6.00. The summed E-state index contributed by atoms with van der Waals surface area (Å²) in [5.74, 6) is -2.46. The highest BCUT2D eigenvalue weighted by molar-refractivity contribution is 6.08. The number of hydrogen-bond acceptors (Lipinski definition) is 11. The molecular formula is C34H30F2N8O5. The van der Waals surface area contributed by atoms with E-state index in [1.165, 1.54) is 11.0 Å². The van der Waals surface area contributed by atoms with Gasteiger partial charge in [0.2, 0.25) is 0 Å². The van der Waals surface area contributed by atoms with E-state index in [0.29, 0.717) is 53.5 Å². The van der Waals surface area contributed by atoms with Crippen LogP contribution >= 0.6 is 0 Å². The van der Waals surface area contributed by atoms with Crippen molar-refractivity contribution in [2.75, 3.05) is 10.2 Å². The van der Waals surface area contributed by atoms with Crippen LogP contribution in [0.15, 0.2) is 48.9 Å². The molecule has 3 aliphatic rings. The number of primary amides is 1. The molecule has 2 fully saturated rings. The molecule has 0 bridgehead atoms. The van der Waals surface area contributed by atoms with Crippen LogP contribution in [-0.2, 0) is 32.8 Å². The van der Waals surface area contributed by atoms with E-state index in [-0.39, 0.29) is 34.9 Å². The summed E-state index contributed by atoms with van der Waals surface area (Å²) >= 11 is 0. The number of esters is 1. The number of benzene rings is 1. The van der Waals surface area contributed by atoms with Gasteiger partial charge in [0, 0.05) is 24.3 Å². The number of pyridine rings is 2. The van der Waals surface area contributed by atoms with E-state index in [0.717, 1.165) is 44.6 Å². The molecule has 0 saturated heterocycles. The number of nitrogens with two attached hydrogens (primary N) is 1. The number of aromatic nitrogens is 4. The molecule has 13 nitrogen and oxygen atoms in total. The van der Waals surface area contributed by atoms with Gasteiger partial charge in [-0.15, -0.1) is 0 Å². The predicted molar refractivity (Wildman–Crippen MR) is 171 cm³/mol. The summed E-state index contributed by atoms with van der Waals surface area (Å²) in [7, 11) is 0. The summed E-state index contributed by atoms with van der Waals surface area (Å²) in [6.07, 6.45) is 6.30. The summed E-state index contributed by atoms with van der Waals surface area (Å²) in [6, 6.07) is 7.72. The first-order valence-corrected chi connectivity index (χ1v) is 15.6. The first kappa shape index (κ1) is 31.7. The monoisotopic (exact) mass is 668 g/mol. The van der Waals surface area contributed by atoms with E-state index in [9.17, 15) is 23.2 Å². The Labute approximate surface area is 278 Å².